The van der Waals surface area contributed by atoms with Crippen molar-refractivity contribution in [3.8, 4) is 5.75 Å². The molecule has 0 fully saturated rings. The first-order valence-corrected chi connectivity index (χ1v) is 12.1. The highest BCUT2D eigenvalue weighted by molar-refractivity contribution is 5.35. The van der Waals surface area contributed by atoms with Gasteiger partial charge in [-0.3, -0.25) is 14.3 Å². The summed E-state index contributed by atoms with van der Waals surface area (Å²) >= 11 is 0. The van der Waals surface area contributed by atoms with Gasteiger partial charge in [0.05, 0.1) is 17.3 Å². The van der Waals surface area contributed by atoms with E-state index < -0.39 is 6.36 Å². The standard InChI is InChI=1S/C29H26F3N3O2/c1-20-33-26-16-17-34(18-21-12-14-24(15-13-21)37-29(30,31)32)19-25(26)28(36)35(20)27(22-8-4-2-5-9-22)23-10-6-3-7-11-23/h2-15,27H,16-19H2,1H3. The summed E-state index contributed by atoms with van der Waals surface area (Å²) in [5, 5.41) is 0. The molecular formula is C29H26F3N3O2. The van der Waals surface area contributed by atoms with Crippen LogP contribution in [0.5, 0.6) is 5.75 Å². The van der Waals surface area contributed by atoms with Crippen LogP contribution in [0.15, 0.2) is 89.7 Å². The van der Waals surface area contributed by atoms with Crippen molar-refractivity contribution >= 4 is 0 Å². The summed E-state index contributed by atoms with van der Waals surface area (Å²) in [6, 6.07) is 25.3. The zero-order valence-corrected chi connectivity index (χ0v) is 20.3. The first-order valence-electron chi connectivity index (χ1n) is 12.1. The lowest BCUT2D eigenvalue weighted by molar-refractivity contribution is -0.274. The van der Waals surface area contributed by atoms with Crippen LogP contribution in [0, 0.1) is 6.92 Å². The summed E-state index contributed by atoms with van der Waals surface area (Å²) in [6.45, 7) is 3.49. The summed E-state index contributed by atoms with van der Waals surface area (Å²) in [5.74, 6) is 0.408. The van der Waals surface area contributed by atoms with Gasteiger partial charge in [-0.2, -0.15) is 0 Å². The van der Waals surface area contributed by atoms with Gasteiger partial charge in [0.25, 0.3) is 5.56 Å². The SMILES string of the molecule is Cc1nc2c(c(=O)n1C(c1ccccc1)c1ccccc1)CN(Cc1ccc(OC(F)(F)F)cc1)CC2. The summed E-state index contributed by atoms with van der Waals surface area (Å²) in [5.41, 5.74) is 4.22. The molecule has 3 aromatic carbocycles. The molecule has 0 radical (unpaired) electrons. The first kappa shape index (κ1) is 24.8. The van der Waals surface area contributed by atoms with Gasteiger partial charge in [0.15, 0.2) is 0 Å². The Morgan fingerprint density at radius 2 is 1.51 bits per heavy atom. The molecule has 0 bridgehead atoms. The van der Waals surface area contributed by atoms with Crippen molar-refractivity contribution in [2.24, 2.45) is 0 Å². The zero-order chi connectivity index (χ0) is 26.0. The highest BCUT2D eigenvalue weighted by Crippen LogP contribution is 2.28. The van der Waals surface area contributed by atoms with Crippen molar-refractivity contribution in [3.63, 3.8) is 0 Å². The molecule has 1 aromatic heterocycles. The molecule has 1 aliphatic heterocycles. The van der Waals surface area contributed by atoms with Gasteiger partial charge >= 0.3 is 6.36 Å². The van der Waals surface area contributed by atoms with Crippen LogP contribution in [0.1, 0.15) is 39.8 Å². The molecule has 37 heavy (non-hydrogen) atoms. The topological polar surface area (TPSA) is 47.4 Å². The lowest BCUT2D eigenvalue weighted by Gasteiger charge is -2.30. The smallest absolute Gasteiger partial charge is 0.406 e. The van der Waals surface area contributed by atoms with E-state index in [1.54, 1.807) is 16.7 Å². The number of aryl methyl sites for hydroxylation is 1. The Balaban J connectivity index is 1.45. The number of nitrogens with zero attached hydrogens (tertiary/aromatic N) is 3. The number of ether oxygens (including phenoxy) is 1. The van der Waals surface area contributed by atoms with Crippen molar-refractivity contribution in [3.05, 3.63) is 129 Å². The molecule has 8 heteroatoms. The largest absolute Gasteiger partial charge is 0.573 e. The van der Waals surface area contributed by atoms with E-state index in [1.165, 1.54) is 12.1 Å². The summed E-state index contributed by atoms with van der Waals surface area (Å²) in [4.78, 5) is 20.9. The van der Waals surface area contributed by atoms with Crippen molar-refractivity contribution in [2.75, 3.05) is 6.54 Å². The fourth-order valence-electron chi connectivity index (χ4n) is 4.92. The predicted molar refractivity (Wildman–Crippen MR) is 134 cm³/mol. The van der Waals surface area contributed by atoms with Gasteiger partial charge in [0, 0.05) is 26.1 Å². The molecule has 0 N–H and O–H groups in total. The second-order valence-corrected chi connectivity index (χ2v) is 9.14. The normalized spacial score (nSPS) is 14.0. The van der Waals surface area contributed by atoms with Crippen LogP contribution >= 0.6 is 0 Å². The van der Waals surface area contributed by atoms with Gasteiger partial charge in [0.1, 0.15) is 11.6 Å². The maximum atomic E-state index is 14.0. The van der Waals surface area contributed by atoms with E-state index in [4.69, 9.17) is 4.98 Å². The van der Waals surface area contributed by atoms with E-state index >= 15 is 0 Å². The molecule has 5 rings (SSSR count). The molecule has 0 saturated heterocycles. The molecule has 5 nitrogen and oxygen atoms in total. The molecule has 0 unspecified atom stereocenters. The second-order valence-electron chi connectivity index (χ2n) is 9.14. The molecule has 0 spiro atoms. The fourth-order valence-corrected chi connectivity index (χ4v) is 4.92. The number of hydrogen-bond donors (Lipinski definition) is 0. The van der Waals surface area contributed by atoms with Crippen molar-refractivity contribution in [2.45, 2.75) is 38.8 Å². The highest BCUT2D eigenvalue weighted by Gasteiger charge is 2.31. The molecule has 0 aliphatic carbocycles. The quantitative estimate of drug-likeness (QED) is 0.340. The Morgan fingerprint density at radius 1 is 0.919 bits per heavy atom. The van der Waals surface area contributed by atoms with Crippen LogP contribution in [0.4, 0.5) is 13.2 Å². The molecule has 1 aliphatic rings. The van der Waals surface area contributed by atoms with E-state index in [2.05, 4.69) is 9.64 Å². The fraction of sp³-hybridized carbons (Fsp3) is 0.241. The third-order valence-electron chi connectivity index (χ3n) is 6.57. The molecule has 2 heterocycles. The third kappa shape index (κ3) is 5.59. The van der Waals surface area contributed by atoms with E-state index in [0.717, 1.165) is 22.4 Å². The van der Waals surface area contributed by atoms with E-state index in [-0.39, 0.29) is 17.4 Å². The highest BCUT2D eigenvalue weighted by atomic mass is 19.4. The van der Waals surface area contributed by atoms with Gasteiger partial charge in [-0.25, -0.2) is 4.98 Å². The van der Waals surface area contributed by atoms with Crippen molar-refractivity contribution in [1.29, 1.82) is 0 Å². The van der Waals surface area contributed by atoms with Crippen LogP contribution in [0.3, 0.4) is 0 Å². The Labute approximate surface area is 212 Å². The second kappa shape index (κ2) is 10.2. The van der Waals surface area contributed by atoms with Crippen LogP contribution in [-0.2, 0) is 19.5 Å². The first-order chi connectivity index (χ1) is 17.8. The third-order valence-corrected chi connectivity index (χ3v) is 6.57. The van der Waals surface area contributed by atoms with Crippen LogP contribution in [0.2, 0.25) is 0 Å². The van der Waals surface area contributed by atoms with E-state index in [0.29, 0.717) is 37.4 Å². The molecule has 4 aromatic rings. The Kier molecular flexibility index (Phi) is 6.84. The van der Waals surface area contributed by atoms with E-state index in [9.17, 15) is 18.0 Å². The Bertz CT molecular complexity index is 1380. The number of halogens is 3. The number of benzene rings is 3. The number of alkyl halides is 3. The van der Waals surface area contributed by atoms with Crippen molar-refractivity contribution in [1.82, 2.24) is 14.5 Å². The Morgan fingerprint density at radius 3 is 2.08 bits per heavy atom. The van der Waals surface area contributed by atoms with Gasteiger partial charge in [-0.15, -0.1) is 13.2 Å². The maximum Gasteiger partial charge on any atom is 0.573 e. The monoisotopic (exact) mass is 505 g/mol. The summed E-state index contributed by atoms with van der Waals surface area (Å²) in [6.07, 6.45) is -4.09. The summed E-state index contributed by atoms with van der Waals surface area (Å²) in [7, 11) is 0. The van der Waals surface area contributed by atoms with Crippen LogP contribution < -0.4 is 10.3 Å². The van der Waals surface area contributed by atoms with Gasteiger partial charge in [0.2, 0.25) is 0 Å². The van der Waals surface area contributed by atoms with Crippen LogP contribution in [-0.4, -0.2) is 27.4 Å². The van der Waals surface area contributed by atoms with Gasteiger partial charge in [-0.1, -0.05) is 72.8 Å². The minimum Gasteiger partial charge on any atom is -0.406 e. The number of hydrogen-bond acceptors (Lipinski definition) is 4. The van der Waals surface area contributed by atoms with Gasteiger partial charge < -0.3 is 4.74 Å². The molecule has 0 saturated carbocycles. The number of fused-ring (bicyclic) bond motifs is 1. The minimum absolute atomic E-state index is 0.0705. The minimum atomic E-state index is -4.72. The maximum absolute atomic E-state index is 14.0. The van der Waals surface area contributed by atoms with E-state index in [1.807, 2.05) is 67.6 Å². The van der Waals surface area contributed by atoms with Crippen LogP contribution in [0.25, 0.3) is 0 Å². The molecule has 0 atom stereocenters. The van der Waals surface area contributed by atoms with Gasteiger partial charge in [-0.05, 0) is 35.7 Å². The molecule has 0 amide bonds. The number of aromatic nitrogens is 2. The average Bonchev–Trinajstić information content (AvgIpc) is 2.88. The molecule has 190 valence electrons. The Hall–Kier alpha value is -3.91. The number of rotatable bonds is 6. The average molecular weight is 506 g/mol. The van der Waals surface area contributed by atoms with Crippen molar-refractivity contribution < 1.29 is 17.9 Å². The summed E-state index contributed by atoms with van der Waals surface area (Å²) < 4.78 is 43.1. The predicted octanol–water partition coefficient (Wildman–Crippen LogP) is 5.65. The zero-order valence-electron chi connectivity index (χ0n) is 20.3. The lowest BCUT2D eigenvalue weighted by atomic mass is 9.97. The lowest BCUT2D eigenvalue weighted by Crippen LogP contribution is -2.40. The molecular weight excluding hydrogens is 479 g/mol.